The molecule has 0 saturated heterocycles. The first-order valence-electron chi connectivity index (χ1n) is 10.8. The minimum absolute atomic E-state index is 0. The molecule has 0 fully saturated rings. The van der Waals surface area contributed by atoms with Crippen LogP contribution in [0.5, 0.6) is 5.75 Å². The second kappa shape index (κ2) is 10.8. The monoisotopic (exact) mass is 508 g/mol. The van der Waals surface area contributed by atoms with E-state index in [-0.39, 0.29) is 24.2 Å². The van der Waals surface area contributed by atoms with Gasteiger partial charge in [0, 0.05) is 33.7 Å². The molecule has 1 unspecified atom stereocenters. The summed E-state index contributed by atoms with van der Waals surface area (Å²) in [6.45, 7) is 8.76. The van der Waals surface area contributed by atoms with E-state index in [1.165, 1.54) is 6.92 Å². The summed E-state index contributed by atoms with van der Waals surface area (Å²) in [5, 5.41) is 16.6. The Balaban J connectivity index is 0.00000408. The number of carboxylic acid groups (broad SMARTS) is 1. The fourth-order valence-electron chi connectivity index (χ4n) is 4.35. The predicted octanol–water partition coefficient (Wildman–Crippen LogP) is 4.67. The van der Waals surface area contributed by atoms with E-state index in [1.54, 1.807) is 56.3 Å². The highest BCUT2D eigenvalue weighted by Gasteiger charge is 2.51. The normalized spacial score (nSPS) is 19.3. The van der Waals surface area contributed by atoms with Crippen molar-refractivity contribution in [3.05, 3.63) is 64.2 Å². The van der Waals surface area contributed by atoms with Gasteiger partial charge in [0.15, 0.2) is 5.78 Å². The summed E-state index contributed by atoms with van der Waals surface area (Å²) in [6.07, 6.45) is 0. The number of carboxylic acids is 1. The van der Waals surface area contributed by atoms with Crippen LogP contribution in [0.25, 0.3) is 0 Å². The number of carbonyl (C=O) groups is 3. The van der Waals surface area contributed by atoms with Gasteiger partial charge >= 0.3 is 5.97 Å². The summed E-state index contributed by atoms with van der Waals surface area (Å²) in [5.74, 6) is -1.81. The van der Waals surface area contributed by atoms with Crippen molar-refractivity contribution in [1.82, 2.24) is 10.6 Å². The maximum Gasteiger partial charge on any atom is 0.321 e. The zero-order valence-corrected chi connectivity index (χ0v) is 21.3. The molecule has 3 atom stereocenters. The molecule has 34 heavy (non-hydrogen) atoms. The highest BCUT2D eigenvalue weighted by atomic mass is 35.5. The standard InChI is InChI=1S/C25H29ClN2O5.ClH/c1-13(2)27-22(24(31)32)20-21(28-23(30)16-7-6-8-17(26)11-16)18-12-15(14(3)29)9-10-19(18)33-25(20,4)5;/h6-13,20-22,27H,1-5H3,(H,28,30)(H,31,32);1H/t20-,21-,22?;/m1./s1. The Bertz CT molecular complexity index is 1090. The fraction of sp³-hybridized carbons (Fsp3) is 0.400. The number of hydrogen-bond acceptors (Lipinski definition) is 5. The number of rotatable bonds is 7. The molecule has 0 aliphatic carbocycles. The summed E-state index contributed by atoms with van der Waals surface area (Å²) in [5.41, 5.74) is 0.390. The first-order valence-corrected chi connectivity index (χ1v) is 11.2. The van der Waals surface area contributed by atoms with E-state index < -0.39 is 35.5 Å². The third-order valence-corrected chi connectivity index (χ3v) is 6.03. The van der Waals surface area contributed by atoms with Gasteiger partial charge in [0.25, 0.3) is 5.91 Å². The number of halogens is 2. The van der Waals surface area contributed by atoms with Crippen molar-refractivity contribution in [1.29, 1.82) is 0 Å². The number of nitrogens with one attached hydrogen (secondary N) is 2. The summed E-state index contributed by atoms with van der Waals surface area (Å²) in [6, 6.07) is 9.63. The summed E-state index contributed by atoms with van der Waals surface area (Å²) in [4.78, 5) is 37.6. The Kier molecular flexibility index (Phi) is 8.75. The predicted molar refractivity (Wildman–Crippen MR) is 133 cm³/mol. The van der Waals surface area contributed by atoms with Gasteiger partial charge in [-0.3, -0.25) is 14.4 Å². The molecule has 0 aromatic heterocycles. The van der Waals surface area contributed by atoms with Gasteiger partial charge in [-0.25, -0.2) is 0 Å². The second-order valence-electron chi connectivity index (χ2n) is 9.14. The fourth-order valence-corrected chi connectivity index (χ4v) is 4.54. The Morgan fingerprint density at radius 1 is 1.09 bits per heavy atom. The van der Waals surface area contributed by atoms with E-state index >= 15 is 0 Å². The van der Waals surface area contributed by atoms with Crippen molar-refractivity contribution in [3.63, 3.8) is 0 Å². The summed E-state index contributed by atoms with van der Waals surface area (Å²) in [7, 11) is 0. The highest BCUT2D eigenvalue weighted by molar-refractivity contribution is 6.30. The van der Waals surface area contributed by atoms with Gasteiger partial charge in [-0.15, -0.1) is 12.4 Å². The van der Waals surface area contributed by atoms with Crippen LogP contribution < -0.4 is 15.4 Å². The third kappa shape index (κ3) is 5.90. The highest BCUT2D eigenvalue weighted by Crippen LogP contribution is 2.46. The molecule has 3 N–H and O–H groups in total. The topological polar surface area (TPSA) is 105 Å². The number of aliphatic carboxylic acids is 1. The second-order valence-corrected chi connectivity index (χ2v) is 9.58. The van der Waals surface area contributed by atoms with Crippen LogP contribution in [0.3, 0.4) is 0 Å². The number of Topliss-reactive ketones (excluding diaryl/α,β-unsaturated/α-hetero) is 1. The van der Waals surface area contributed by atoms with Crippen molar-refractivity contribution in [2.75, 3.05) is 0 Å². The average molecular weight is 509 g/mol. The lowest BCUT2D eigenvalue weighted by Gasteiger charge is -2.47. The van der Waals surface area contributed by atoms with E-state index in [0.717, 1.165) is 0 Å². The van der Waals surface area contributed by atoms with Gasteiger partial charge in [-0.05, 0) is 57.2 Å². The van der Waals surface area contributed by atoms with Gasteiger partial charge in [0.2, 0.25) is 0 Å². The average Bonchev–Trinajstić information content (AvgIpc) is 2.71. The van der Waals surface area contributed by atoms with Crippen molar-refractivity contribution in [3.8, 4) is 5.75 Å². The van der Waals surface area contributed by atoms with Gasteiger partial charge in [-0.2, -0.15) is 0 Å². The van der Waals surface area contributed by atoms with Gasteiger partial charge in [0.1, 0.15) is 17.4 Å². The molecule has 184 valence electrons. The zero-order valence-electron chi connectivity index (χ0n) is 19.7. The maximum absolute atomic E-state index is 13.2. The molecule has 1 aliphatic rings. The number of benzene rings is 2. The largest absolute Gasteiger partial charge is 0.487 e. The lowest BCUT2D eigenvalue weighted by atomic mass is 9.73. The molecule has 1 aliphatic heterocycles. The SMILES string of the molecule is CC(=O)c1ccc2c(c1)[C@@H](NC(=O)c1cccc(Cl)c1)[C@H](C(NC(C)C)C(=O)O)C(C)(C)O2.Cl. The molecular weight excluding hydrogens is 479 g/mol. The lowest BCUT2D eigenvalue weighted by molar-refractivity contribution is -0.145. The van der Waals surface area contributed by atoms with Crippen LogP contribution in [-0.4, -0.2) is 40.5 Å². The molecule has 2 aromatic rings. The number of ketones is 1. The molecule has 0 radical (unpaired) electrons. The number of ether oxygens (including phenoxy) is 1. The van der Waals surface area contributed by atoms with Crippen LogP contribution in [0.15, 0.2) is 42.5 Å². The van der Waals surface area contributed by atoms with Crippen molar-refractivity contribution >= 4 is 41.7 Å². The van der Waals surface area contributed by atoms with Crippen LogP contribution in [-0.2, 0) is 4.79 Å². The van der Waals surface area contributed by atoms with Gasteiger partial charge in [-0.1, -0.05) is 31.5 Å². The minimum Gasteiger partial charge on any atom is -0.487 e. The van der Waals surface area contributed by atoms with Crippen molar-refractivity contribution < 1.29 is 24.2 Å². The van der Waals surface area contributed by atoms with E-state index in [9.17, 15) is 19.5 Å². The van der Waals surface area contributed by atoms with E-state index in [4.69, 9.17) is 16.3 Å². The van der Waals surface area contributed by atoms with Crippen LogP contribution >= 0.6 is 24.0 Å². The molecular formula is C25H30Cl2N2O5. The number of fused-ring (bicyclic) bond motifs is 1. The Morgan fingerprint density at radius 2 is 1.76 bits per heavy atom. The van der Waals surface area contributed by atoms with Gasteiger partial charge in [0.05, 0.1) is 6.04 Å². The number of carbonyl (C=O) groups excluding carboxylic acids is 2. The van der Waals surface area contributed by atoms with Crippen LogP contribution in [0, 0.1) is 5.92 Å². The van der Waals surface area contributed by atoms with Crippen LogP contribution in [0.1, 0.15) is 66.9 Å². The minimum atomic E-state index is -1.06. The number of hydrogen-bond donors (Lipinski definition) is 3. The summed E-state index contributed by atoms with van der Waals surface area (Å²) < 4.78 is 6.23. The first-order chi connectivity index (χ1) is 15.4. The molecule has 0 saturated carbocycles. The van der Waals surface area contributed by atoms with E-state index in [2.05, 4.69) is 10.6 Å². The lowest BCUT2D eigenvalue weighted by Crippen LogP contribution is -2.61. The molecule has 0 spiro atoms. The molecule has 1 amide bonds. The molecule has 9 heteroatoms. The summed E-state index contributed by atoms with van der Waals surface area (Å²) >= 11 is 6.07. The van der Waals surface area contributed by atoms with Crippen LogP contribution in [0.4, 0.5) is 0 Å². The van der Waals surface area contributed by atoms with Gasteiger partial charge < -0.3 is 20.5 Å². The molecule has 7 nitrogen and oxygen atoms in total. The Hall–Kier alpha value is -2.61. The van der Waals surface area contributed by atoms with Crippen molar-refractivity contribution in [2.45, 2.75) is 58.3 Å². The first kappa shape index (κ1) is 27.6. The smallest absolute Gasteiger partial charge is 0.321 e. The third-order valence-electron chi connectivity index (χ3n) is 5.80. The Morgan fingerprint density at radius 3 is 2.32 bits per heavy atom. The van der Waals surface area contributed by atoms with Crippen LogP contribution in [0.2, 0.25) is 5.02 Å². The maximum atomic E-state index is 13.2. The quantitative estimate of drug-likeness (QED) is 0.469. The zero-order chi connectivity index (χ0) is 24.5. The number of amides is 1. The molecule has 2 aromatic carbocycles. The molecule has 0 bridgehead atoms. The van der Waals surface area contributed by atoms with Crippen molar-refractivity contribution in [2.24, 2.45) is 5.92 Å². The Labute approximate surface area is 210 Å². The van der Waals surface area contributed by atoms with E-state index in [0.29, 0.717) is 27.5 Å². The van der Waals surface area contributed by atoms with E-state index in [1.807, 2.05) is 13.8 Å². The molecule has 1 heterocycles. The molecule has 3 rings (SSSR count).